The normalized spacial score (nSPS) is 15.2. The minimum Gasteiger partial charge on any atom is -0.454 e. The minimum absolute atomic E-state index is 0.0482. The molecule has 0 spiro atoms. The first-order valence-corrected chi connectivity index (χ1v) is 11.8. The summed E-state index contributed by atoms with van der Waals surface area (Å²) in [5.74, 6) is 1.83. The van der Waals surface area contributed by atoms with Crippen LogP contribution in [0.3, 0.4) is 0 Å². The van der Waals surface area contributed by atoms with Crippen LogP contribution in [0.2, 0.25) is 0 Å². The van der Waals surface area contributed by atoms with Gasteiger partial charge in [-0.3, -0.25) is 9.59 Å². The third-order valence-electron chi connectivity index (χ3n) is 4.98. The van der Waals surface area contributed by atoms with Crippen LogP contribution in [0.1, 0.15) is 14.5 Å². The minimum atomic E-state index is -0.0482. The molecule has 0 N–H and O–H groups in total. The summed E-state index contributed by atoms with van der Waals surface area (Å²) in [6.07, 6.45) is 0.299. The summed E-state index contributed by atoms with van der Waals surface area (Å²) < 4.78 is 21.6. The highest BCUT2D eigenvalue weighted by Gasteiger charge is 2.20. The standard InChI is InChI=1S/C21H19N3O6S2/c25-15(18-4-2-14(32-18)10-19(26)24-5-7-27-8-6-24)11-31-21-23-22-20(30-21)13-1-3-16-17(9-13)29-12-28-16/h1-4,9H,5-8,10-12H2. The van der Waals surface area contributed by atoms with Crippen LogP contribution < -0.4 is 9.47 Å². The van der Waals surface area contributed by atoms with Crippen molar-refractivity contribution >= 4 is 34.8 Å². The number of hydrogen-bond donors (Lipinski definition) is 0. The second-order valence-corrected chi connectivity index (χ2v) is 9.18. The number of ketones is 1. The van der Waals surface area contributed by atoms with Crippen LogP contribution in [-0.4, -0.2) is 65.6 Å². The third kappa shape index (κ3) is 4.64. The van der Waals surface area contributed by atoms with Gasteiger partial charge in [0, 0.05) is 23.5 Å². The smallest absolute Gasteiger partial charge is 0.277 e. The molecule has 0 aliphatic carbocycles. The molecule has 5 rings (SSSR count). The lowest BCUT2D eigenvalue weighted by molar-refractivity contribution is -0.134. The van der Waals surface area contributed by atoms with Gasteiger partial charge in [0.05, 0.1) is 30.3 Å². The number of hydrogen-bond acceptors (Lipinski definition) is 10. The molecule has 1 saturated heterocycles. The monoisotopic (exact) mass is 473 g/mol. The predicted octanol–water partition coefficient (Wildman–Crippen LogP) is 2.90. The van der Waals surface area contributed by atoms with Crippen LogP contribution >= 0.6 is 23.1 Å². The Morgan fingerprint density at radius 1 is 1.06 bits per heavy atom. The Morgan fingerprint density at radius 3 is 2.78 bits per heavy atom. The molecule has 3 aromatic rings. The van der Waals surface area contributed by atoms with Crippen LogP contribution in [-0.2, 0) is 16.0 Å². The number of thioether (sulfide) groups is 1. The molecule has 0 atom stereocenters. The van der Waals surface area contributed by atoms with Crippen LogP contribution in [0.5, 0.6) is 11.5 Å². The van der Waals surface area contributed by atoms with Crippen LogP contribution in [0.25, 0.3) is 11.5 Å². The van der Waals surface area contributed by atoms with Gasteiger partial charge >= 0.3 is 0 Å². The van der Waals surface area contributed by atoms with E-state index in [4.69, 9.17) is 18.6 Å². The Balaban J connectivity index is 1.16. The maximum absolute atomic E-state index is 12.6. The molecule has 11 heteroatoms. The maximum atomic E-state index is 12.6. The predicted molar refractivity (Wildman–Crippen MR) is 116 cm³/mol. The lowest BCUT2D eigenvalue weighted by Crippen LogP contribution is -2.41. The Bertz CT molecular complexity index is 1140. The number of amides is 1. The topological polar surface area (TPSA) is 104 Å². The summed E-state index contributed by atoms with van der Waals surface area (Å²) in [4.78, 5) is 28.2. The highest BCUT2D eigenvalue weighted by Crippen LogP contribution is 2.36. The first-order chi connectivity index (χ1) is 15.7. The molecule has 0 radical (unpaired) electrons. The molecule has 0 unspecified atom stereocenters. The van der Waals surface area contributed by atoms with E-state index in [0.717, 1.165) is 4.88 Å². The first-order valence-electron chi connectivity index (χ1n) is 9.99. The Labute approximate surface area is 191 Å². The second-order valence-electron chi connectivity index (χ2n) is 7.09. The van der Waals surface area contributed by atoms with Crippen molar-refractivity contribution in [3.63, 3.8) is 0 Å². The number of carbonyl (C=O) groups is 2. The van der Waals surface area contributed by atoms with Gasteiger partial charge in [-0.05, 0) is 30.3 Å². The maximum Gasteiger partial charge on any atom is 0.277 e. The van der Waals surface area contributed by atoms with E-state index in [1.165, 1.54) is 23.1 Å². The van der Waals surface area contributed by atoms with E-state index in [0.29, 0.717) is 65.8 Å². The molecule has 2 aliphatic rings. The van der Waals surface area contributed by atoms with E-state index < -0.39 is 0 Å². The Morgan fingerprint density at radius 2 is 1.91 bits per heavy atom. The summed E-state index contributed by atoms with van der Waals surface area (Å²) in [6.45, 7) is 2.57. The van der Waals surface area contributed by atoms with Gasteiger partial charge in [0.2, 0.25) is 18.6 Å². The Hall–Kier alpha value is -2.89. The number of ether oxygens (including phenoxy) is 3. The molecule has 9 nitrogen and oxygen atoms in total. The van der Waals surface area contributed by atoms with Crippen molar-refractivity contribution in [2.45, 2.75) is 11.6 Å². The zero-order valence-electron chi connectivity index (χ0n) is 16.9. The van der Waals surface area contributed by atoms with Crippen molar-refractivity contribution in [1.29, 1.82) is 0 Å². The zero-order valence-corrected chi connectivity index (χ0v) is 18.6. The number of nitrogens with zero attached hydrogens (tertiary/aromatic N) is 3. The summed E-state index contributed by atoms with van der Waals surface area (Å²) in [5, 5.41) is 8.37. The first kappa shape index (κ1) is 21.0. The van der Waals surface area contributed by atoms with E-state index >= 15 is 0 Å². The molecule has 2 aliphatic heterocycles. The van der Waals surface area contributed by atoms with E-state index in [1.807, 2.05) is 12.1 Å². The van der Waals surface area contributed by atoms with Gasteiger partial charge in [0.15, 0.2) is 17.3 Å². The molecule has 1 aromatic carbocycles. The number of rotatable bonds is 7. The number of morpholine rings is 1. The van der Waals surface area contributed by atoms with Gasteiger partial charge in [0.25, 0.3) is 5.22 Å². The summed E-state index contributed by atoms with van der Waals surface area (Å²) >= 11 is 2.53. The average molecular weight is 474 g/mol. The van der Waals surface area contributed by atoms with E-state index in [-0.39, 0.29) is 24.2 Å². The van der Waals surface area contributed by atoms with Crippen molar-refractivity contribution in [2.24, 2.45) is 0 Å². The van der Waals surface area contributed by atoms with E-state index in [1.54, 1.807) is 23.1 Å². The summed E-state index contributed by atoms with van der Waals surface area (Å²) in [5.41, 5.74) is 0.716. The SMILES string of the molecule is O=C(CSc1nnc(-c2ccc3c(c2)OCO3)o1)c1ccc(CC(=O)N2CCOCC2)s1. The molecule has 166 valence electrons. The molecule has 2 aromatic heterocycles. The molecular formula is C21H19N3O6S2. The van der Waals surface area contributed by atoms with Crippen LogP contribution in [0.4, 0.5) is 0 Å². The fraction of sp³-hybridized carbons (Fsp3) is 0.333. The third-order valence-corrected chi connectivity index (χ3v) is 6.92. The van der Waals surface area contributed by atoms with Gasteiger partial charge < -0.3 is 23.5 Å². The summed E-state index contributed by atoms with van der Waals surface area (Å²) in [7, 11) is 0. The van der Waals surface area contributed by atoms with Crippen LogP contribution in [0.15, 0.2) is 40.0 Å². The van der Waals surface area contributed by atoms with Gasteiger partial charge in [-0.25, -0.2) is 0 Å². The number of Topliss-reactive ketones (excluding diaryl/α,β-unsaturated/α-hetero) is 1. The average Bonchev–Trinajstić information content (AvgIpc) is 3.58. The number of aromatic nitrogens is 2. The molecule has 32 heavy (non-hydrogen) atoms. The fourth-order valence-corrected chi connectivity index (χ4v) is 4.98. The van der Waals surface area contributed by atoms with Crippen molar-refractivity contribution < 1.29 is 28.2 Å². The zero-order chi connectivity index (χ0) is 21.9. The number of thiophene rings is 1. The van der Waals surface area contributed by atoms with Crippen molar-refractivity contribution in [3.8, 4) is 23.0 Å². The highest BCUT2D eigenvalue weighted by molar-refractivity contribution is 7.99. The molecule has 1 fully saturated rings. The van der Waals surface area contributed by atoms with Gasteiger partial charge in [-0.2, -0.15) is 0 Å². The van der Waals surface area contributed by atoms with Gasteiger partial charge in [0.1, 0.15) is 0 Å². The van der Waals surface area contributed by atoms with E-state index in [9.17, 15) is 9.59 Å². The van der Waals surface area contributed by atoms with Crippen LogP contribution in [0, 0.1) is 0 Å². The lowest BCUT2D eigenvalue weighted by atomic mass is 10.2. The second kappa shape index (κ2) is 9.31. The Kier molecular flexibility index (Phi) is 6.10. The van der Waals surface area contributed by atoms with Crippen molar-refractivity contribution in [3.05, 3.63) is 40.1 Å². The number of benzene rings is 1. The van der Waals surface area contributed by atoms with Gasteiger partial charge in [-0.1, -0.05) is 11.8 Å². The van der Waals surface area contributed by atoms with Crippen molar-refractivity contribution in [2.75, 3.05) is 38.8 Å². The quantitative estimate of drug-likeness (QED) is 0.378. The summed E-state index contributed by atoms with van der Waals surface area (Å²) in [6, 6.07) is 8.98. The number of carbonyl (C=O) groups excluding carboxylic acids is 2. The van der Waals surface area contributed by atoms with Gasteiger partial charge in [-0.15, -0.1) is 21.5 Å². The van der Waals surface area contributed by atoms with Crippen molar-refractivity contribution in [1.82, 2.24) is 15.1 Å². The highest BCUT2D eigenvalue weighted by atomic mass is 32.2. The molecule has 0 bridgehead atoms. The fourth-order valence-electron chi connectivity index (χ4n) is 3.31. The molecule has 4 heterocycles. The molecule has 1 amide bonds. The lowest BCUT2D eigenvalue weighted by Gasteiger charge is -2.26. The molecular weight excluding hydrogens is 454 g/mol. The van der Waals surface area contributed by atoms with E-state index in [2.05, 4.69) is 10.2 Å². The molecule has 0 saturated carbocycles. The number of fused-ring (bicyclic) bond motifs is 1. The largest absolute Gasteiger partial charge is 0.454 e.